The molecule has 1 aromatic heterocycles. The zero-order chi connectivity index (χ0) is 18.5. The molecule has 0 aliphatic heterocycles. The fourth-order valence-electron chi connectivity index (χ4n) is 3.50. The Morgan fingerprint density at radius 1 is 1.27 bits per heavy atom. The number of amides is 1. The van der Waals surface area contributed by atoms with Crippen LogP contribution < -0.4 is 5.32 Å². The molecule has 140 valence electrons. The molecule has 1 atom stereocenters. The number of rotatable bonds is 6. The van der Waals surface area contributed by atoms with Gasteiger partial charge in [0, 0.05) is 18.7 Å². The third kappa shape index (κ3) is 4.47. The Morgan fingerprint density at radius 2 is 2.00 bits per heavy atom. The molecule has 5 nitrogen and oxygen atoms in total. The maximum atomic E-state index is 12.5. The first-order valence-corrected chi connectivity index (χ1v) is 10.4. The van der Waals surface area contributed by atoms with Crippen LogP contribution in [0.1, 0.15) is 62.0 Å². The van der Waals surface area contributed by atoms with E-state index < -0.39 is 0 Å². The van der Waals surface area contributed by atoms with E-state index >= 15 is 0 Å². The molecule has 3 rings (SSSR count). The Balaban J connectivity index is 1.60. The Hall–Kier alpha value is -1.82. The van der Waals surface area contributed by atoms with Crippen molar-refractivity contribution >= 4 is 17.7 Å². The van der Waals surface area contributed by atoms with Crippen LogP contribution in [0.25, 0.3) is 0 Å². The molecule has 0 saturated heterocycles. The van der Waals surface area contributed by atoms with Gasteiger partial charge >= 0.3 is 0 Å². The average Bonchev–Trinajstić information content (AvgIpc) is 3.02. The number of benzene rings is 1. The van der Waals surface area contributed by atoms with Gasteiger partial charge in [0.25, 0.3) is 0 Å². The predicted octanol–water partition coefficient (Wildman–Crippen LogP) is 4.17. The van der Waals surface area contributed by atoms with Gasteiger partial charge in [-0.3, -0.25) is 4.79 Å². The Bertz CT molecular complexity index is 752. The van der Waals surface area contributed by atoms with Crippen LogP contribution in [0.5, 0.6) is 0 Å². The number of thioether (sulfide) groups is 1. The highest BCUT2D eigenvalue weighted by Crippen LogP contribution is 2.26. The Kier molecular flexibility index (Phi) is 6.35. The second-order valence-corrected chi connectivity index (χ2v) is 8.12. The first-order valence-electron chi connectivity index (χ1n) is 9.43. The van der Waals surface area contributed by atoms with E-state index in [1.165, 1.54) is 17.5 Å². The largest absolute Gasteiger partial charge is 0.346 e. The Labute approximate surface area is 160 Å². The maximum Gasteiger partial charge on any atom is 0.223 e. The number of hydrogen-bond acceptors (Lipinski definition) is 4. The smallest absolute Gasteiger partial charge is 0.223 e. The van der Waals surface area contributed by atoms with Crippen LogP contribution >= 0.6 is 11.8 Å². The molecular formula is C20H28N4OS. The van der Waals surface area contributed by atoms with Crippen LogP contribution in [0.3, 0.4) is 0 Å². The normalized spacial score (nSPS) is 16.4. The summed E-state index contributed by atoms with van der Waals surface area (Å²) in [6.07, 6.45) is 5.60. The van der Waals surface area contributed by atoms with E-state index in [1.807, 2.05) is 18.5 Å². The van der Waals surface area contributed by atoms with Crippen molar-refractivity contribution < 1.29 is 4.79 Å². The van der Waals surface area contributed by atoms with Crippen LogP contribution in [0.15, 0.2) is 29.4 Å². The second-order valence-electron chi connectivity index (χ2n) is 7.18. The first kappa shape index (κ1) is 19.0. The number of nitrogens with zero attached hydrogens (tertiary/aromatic N) is 3. The third-order valence-corrected chi connectivity index (χ3v) is 6.28. The standard InChI is InChI=1S/C20H28N4OS/c1-14-9-7-8-12-17(14)13-26-20-23-22-18(24(20)3)15(2)21-19(25)16-10-5-4-6-11-16/h7-9,12,15-16H,4-6,10-11,13H2,1-3H3,(H,21,25)/t15-/m1/s1. The van der Waals surface area contributed by atoms with Crippen molar-refractivity contribution in [3.63, 3.8) is 0 Å². The molecule has 2 aromatic rings. The molecule has 1 fully saturated rings. The molecule has 0 unspecified atom stereocenters. The molecule has 1 aromatic carbocycles. The SMILES string of the molecule is Cc1ccccc1CSc1nnc([C@@H](C)NC(=O)C2CCCCC2)n1C. The lowest BCUT2D eigenvalue weighted by Gasteiger charge is -2.23. The van der Waals surface area contributed by atoms with Crippen LogP contribution in [0, 0.1) is 12.8 Å². The molecule has 1 aliphatic carbocycles. The fourth-order valence-corrected chi connectivity index (χ4v) is 4.50. The van der Waals surface area contributed by atoms with Gasteiger partial charge in [-0.15, -0.1) is 10.2 Å². The molecule has 1 heterocycles. The highest BCUT2D eigenvalue weighted by molar-refractivity contribution is 7.98. The summed E-state index contributed by atoms with van der Waals surface area (Å²) in [6.45, 7) is 4.11. The van der Waals surface area contributed by atoms with Gasteiger partial charge in [-0.2, -0.15) is 0 Å². The summed E-state index contributed by atoms with van der Waals surface area (Å²) in [5.74, 6) is 1.99. The predicted molar refractivity (Wildman–Crippen MR) is 105 cm³/mol. The van der Waals surface area contributed by atoms with E-state index in [-0.39, 0.29) is 17.9 Å². The lowest BCUT2D eigenvalue weighted by atomic mass is 9.88. The van der Waals surface area contributed by atoms with Gasteiger partial charge in [0.1, 0.15) is 0 Å². The van der Waals surface area contributed by atoms with Crippen molar-refractivity contribution in [2.45, 2.75) is 62.9 Å². The van der Waals surface area contributed by atoms with Crippen molar-refractivity contribution in [3.05, 3.63) is 41.2 Å². The second kappa shape index (κ2) is 8.71. The van der Waals surface area contributed by atoms with Gasteiger partial charge in [0.05, 0.1) is 6.04 Å². The van der Waals surface area contributed by atoms with Gasteiger partial charge in [0.15, 0.2) is 11.0 Å². The number of carbonyl (C=O) groups is 1. The minimum Gasteiger partial charge on any atom is -0.346 e. The van der Waals surface area contributed by atoms with E-state index in [0.717, 1.165) is 42.4 Å². The van der Waals surface area contributed by atoms with Crippen LogP contribution in [0.4, 0.5) is 0 Å². The minimum absolute atomic E-state index is 0.130. The summed E-state index contributed by atoms with van der Waals surface area (Å²) >= 11 is 1.68. The number of nitrogens with one attached hydrogen (secondary N) is 1. The zero-order valence-corrected chi connectivity index (χ0v) is 16.7. The lowest BCUT2D eigenvalue weighted by molar-refractivity contribution is -0.126. The molecule has 1 aliphatic rings. The van der Waals surface area contributed by atoms with Crippen molar-refractivity contribution in [1.82, 2.24) is 20.1 Å². The maximum absolute atomic E-state index is 12.5. The summed E-state index contributed by atoms with van der Waals surface area (Å²) < 4.78 is 1.99. The summed E-state index contributed by atoms with van der Waals surface area (Å²) in [5, 5.41) is 12.7. The molecule has 1 amide bonds. The topological polar surface area (TPSA) is 59.8 Å². The summed E-state index contributed by atoms with van der Waals surface area (Å²) in [4.78, 5) is 12.5. The van der Waals surface area contributed by atoms with Crippen molar-refractivity contribution in [3.8, 4) is 0 Å². The fraction of sp³-hybridized carbons (Fsp3) is 0.550. The quantitative estimate of drug-likeness (QED) is 0.773. The number of aromatic nitrogens is 3. The molecular weight excluding hydrogens is 344 g/mol. The number of carbonyl (C=O) groups excluding carboxylic acids is 1. The van der Waals surface area contributed by atoms with Crippen LogP contribution in [0.2, 0.25) is 0 Å². The van der Waals surface area contributed by atoms with Gasteiger partial charge in [-0.1, -0.05) is 55.3 Å². The number of hydrogen-bond donors (Lipinski definition) is 1. The monoisotopic (exact) mass is 372 g/mol. The first-order chi connectivity index (χ1) is 12.6. The molecule has 6 heteroatoms. The molecule has 0 spiro atoms. The average molecular weight is 373 g/mol. The summed E-state index contributed by atoms with van der Waals surface area (Å²) in [7, 11) is 1.97. The van der Waals surface area contributed by atoms with Crippen molar-refractivity contribution in [2.24, 2.45) is 13.0 Å². The van der Waals surface area contributed by atoms with E-state index in [2.05, 4.69) is 46.7 Å². The highest BCUT2D eigenvalue weighted by atomic mass is 32.2. The van der Waals surface area contributed by atoms with Crippen LogP contribution in [-0.2, 0) is 17.6 Å². The van der Waals surface area contributed by atoms with E-state index in [9.17, 15) is 4.79 Å². The van der Waals surface area contributed by atoms with Crippen LogP contribution in [-0.4, -0.2) is 20.7 Å². The van der Waals surface area contributed by atoms with Gasteiger partial charge in [-0.25, -0.2) is 0 Å². The van der Waals surface area contributed by atoms with E-state index in [0.29, 0.717) is 0 Å². The van der Waals surface area contributed by atoms with Gasteiger partial charge in [0.2, 0.25) is 5.91 Å². The van der Waals surface area contributed by atoms with E-state index in [4.69, 9.17) is 0 Å². The summed E-state index contributed by atoms with van der Waals surface area (Å²) in [6, 6.07) is 8.26. The van der Waals surface area contributed by atoms with Crippen molar-refractivity contribution in [1.29, 1.82) is 0 Å². The molecule has 0 bridgehead atoms. The minimum atomic E-state index is -0.130. The third-order valence-electron chi connectivity index (χ3n) is 5.21. The molecule has 1 saturated carbocycles. The highest BCUT2D eigenvalue weighted by Gasteiger charge is 2.24. The van der Waals surface area contributed by atoms with Gasteiger partial charge in [-0.05, 0) is 37.8 Å². The van der Waals surface area contributed by atoms with Crippen molar-refractivity contribution in [2.75, 3.05) is 0 Å². The molecule has 0 radical (unpaired) electrons. The lowest BCUT2D eigenvalue weighted by Crippen LogP contribution is -2.34. The van der Waals surface area contributed by atoms with E-state index in [1.54, 1.807) is 11.8 Å². The Morgan fingerprint density at radius 3 is 2.73 bits per heavy atom. The summed E-state index contributed by atoms with van der Waals surface area (Å²) in [5.41, 5.74) is 2.59. The molecule has 1 N–H and O–H groups in total. The molecule has 26 heavy (non-hydrogen) atoms. The van der Waals surface area contributed by atoms with Gasteiger partial charge < -0.3 is 9.88 Å². The number of aryl methyl sites for hydroxylation is 1. The zero-order valence-electron chi connectivity index (χ0n) is 15.9.